The Hall–Kier alpha value is -2.66. The van der Waals surface area contributed by atoms with Crippen molar-refractivity contribution in [2.45, 2.75) is 19.5 Å². The third-order valence-corrected chi connectivity index (χ3v) is 6.13. The maximum absolute atomic E-state index is 13.5. The third kappa shape index (κ3) is 3.20. The summed E-state index contributed by atoms with van der Waals surface area (Å²) in [5.74, 6) is 3.14. The Labute approximate surface area is 164 Å². The third-order valence-electron chi connectivity index (χ3n) is 6.13. The van der Waals surface area contributed by atoms with Gasteiger partial charge in [-0.3, -0.25) is 4.90 Å². The van der Waals surface area contributed by atoms with Crippen LogP contribution >= 0.6 is 0 Å². The Bertz CT molecular complexity index is 982. The molecule has 0 saturated carbocycles. The summed E-state index contributed by atoms with van der Waals surface area (Å²) in [5, 5.41) is 0. The zero-order valence-corrected chi connectivity index (χ0v) is 16.0. The van der Waals surface area contributed by atoms with Gasteiger partial charge in [-0.1, -0.05) is 12.1 Å². The van der Waals surface area contributed by atoms with Crippen LogP contribution in [0.4, 0.5) is 4.39 Å². The van der Waals surface area contributed by atoms with Crippen molar-refractivity contribution < 1.29 is 9.13 Å². The normalized spacial score (nSPS) is 21.4. The Balaban J connectivity index is 1.33. The first kappa shape index (κ1) is 17.4. The first-order valence-electron chi connectivity index (χ1n) is 9.85. The molecule has 2 aliphatic heterocycles. The molecular weight excluding hydrogens is 353 g/mol. The van der Waals surface area contributed by atoms with Gasteiger partial charge in [0.15, 0.2) is 0 Å². The number of methoxy groups -OCH3 is 1. The predicted octanol–water partition coefficient (Wildman–Crippen LogP) is 4.00. The minimum atomic E-state index is -0.154. The van der Waals surface area contributed by atoms with Gasteiger partial charge in [0.2, 0.25) is 0 Å². The molecule has 28 heavy (non-hydrogen) atoms. The zero-order valence-electron chi connectivity index (χ0n) is 16.0. The van der Waals surface area contributed by atoms with Crippen molar-refractivity contribution in [3.05, 3.63) is 71.9 Å². The van der Waals surface area contributed by atoms with Crippen LogP contribution in [0.3, 0.4) is 0 Å². The number of likely N-dealkylation sites (tertiary alicyclic amines) is 1. The van der Waals surface area contributed by atoms with E-state index < -0.39 is 0 Å². The molecule has 0 unspecified atom stereocenters. The molecule has 0 amide bonds. The number of fused-ring (bicyclic) bond motifs is 2. The lowest BCUT2D eigenvalue weighted by Gasteiger charge is -2.27. The molecule has 2 aromatic carbocycles. The summed E-state index contributed by atoms with van der Waals surface area (Å²) >= 11 is 0. The van der Waals surface area contributed by atoms with Crippen molar-refractivity contribution in [1.29, 1.82) is 0 Å². The topological polar surface area (TPSA) is 30.3 Å². The quantitative estimate of drug-likeness (QED) is 0.688. The fourth-order valence-electron chi connectivity index (χ4n) is 4.74. The molecule has 1 fully saturated rings. The van der Waals surface area contributed by atoms with E-state index in [9.17, 15) is 4.39 Å². The van der Waals surface area contributed by atoms with Crippen LogP contribution in [-0.4, -0.2) is 34.7 Å². The van der Waals surface area contributed by atoms with E-state index in [1.165, 1.54) is 23.1 Å². The Morgan fingerprint density at radius 3 is 2.68 bits per heavy atom. The lowest BCUT2D eigenvalue weighted by Crippen LogP contribution is -2.28. The Kier molecular flexibility index (Phi) is 4.40. The van der Waals surface area contributed by atoms with E-state index in [0.717, 1.165) is 43.9 Å². The van der Waals surface area contributed by atoms with Crippen LogP contribution in [0.25, 0.3) is 11.3 Å². The van der Waals surface area contributed by atoms with Gasteiger partial charge in [-0.2, -0.15) is 0 Å². The van der Waals surface area contributed by atoms with Crippen LogP contribution in [0.5, 0.6) is 5.75 Å². The summed E-state index contributed by atoms with van der Waals surface area (Å²) in [7, 11) is 1.69. The molecule has 0 N–H and O–H groups in total. The van der Waals surface area contributed by atoms with Crippen molar-refractivity contribution in [3.63, 3.8) is 0 Å². The highest BCUT2D eigenvalue weighted by Crippen LogP contribution is 2.36. The molecule has 2 atom stereocenters. The molecule has 1 saturated heterocycles. The first-order valence-corrected chi connectivity index (χ1v) is 9.85. The van der Waals surface area contributed by atoms with Crippen molar-refractivity contribution in [2.24, 2.45) is 11.8 Å². The zero-order chi connectivity index (χ0) is 19.1. The lowest BCUT2D eigenvalue weighted by atomic mass is 9.89. The molecule has 1 aromatic heterocycles. The number of hydrogen-bond acceptors (Lipinski definition) is 3. The van der Waals surface area contributed by atoms with Gasteiger partial charge < -0.3 is 9.30 Å². The SMILES string of the molecule is COc1ccc(-c2cnc3n2C[C@H]2CN(Cc4cccc(F)c4)C[C@H]2C3)cc1. The number of halogens is 1. The molecular formula is C23H24FN3O. The molecule has 2 aliphatic rings. The molecule has 0 spiro atoms. The van der Waals surface area contributed by atoms with E-state index in [1.54, 1.807) is 19.2 Å². The minimum absolute atomic E-state index is 0.154. The van der Waals surface area contributed by atoms with Gasteiger partial charge in [0, 0.05) is 38.2 Å². The standard InChI is InChI=1S/C23H24FN3O/c1-28-21-7-5-17(6-8-21)22-11-25-23-10-18-13-26(14-19(18)15-27(22)23)12-16-3-2-4-20(24)9-16/h2-9,11,18-19H,10,12-15H2,1H3/t18-,19-/m1/s1. The highest BCUT2D eigenvalue weighted by Gasteiger charge is 2.37. The minimum Gasteiger partial charge on any atom is -0.497 e. The molecule has 5 heteroatoms. The summed E-state index contributed by atoms with van der Waals surface area (Å²) in [6.07, 6.45) is 3.02. The van der Waals surface area contributed by atoms with Gasteiger partial charge in [-0.15, -0.1) is 0 Å². The molecule has 0 radical (unpaired) electrons. The van der Waals surface area contributed by atoms with Gasteiger partial charge >= 0.3 is 0 Å². The number of nitrogens with zero attached hydrogens (tertiary/aromatic N) is 3. The van der Waals surface area contributed by atoms with E-state index in [1.807, 2.05) is 24.4 Å². The number of benzene rings is 2. The van der Waals surface area contributed by atoms with Gasteiger partial charge in [-0.05, 0) is 53.8 Å². The lowest BCUT2D eigenvalue weighted by molar-refractivity contribution is 0.306. The van der Waals surface area contributed by atoms with Gasteiger partial charge in [0.1, 0.15) is 17.4 Å². The Morgan fingerprint density at radius 2 is 1.89 bits per heavy atom. The summed E-state index contributed by atoms with van der Waals surface area (Å²) in [5.41, 5.74) is 3.41. The largest absolute Gasteiger partial charge is 0.497 e. The number of hydrogen-bond donors (Lipinski definition) is 0. The summed E-state index contributed by atoms with van der Waals surface area (Å²) in [6.45, 7) is 3.94. The number of aromatic nitrogens is 2. The van der Waals surface area contributed by atoms with Crippen molar-refractivity contribution in [3.8, 4) is 17.0 Å². The summed E-state index contributed by atoms with van der Waals surface area (Å²) in [6, 6.07) is 15.2. The smallest absolute Gasteiger partial charge is 0.123 e. The number of imidazole rings is 1. The van der Waals surface area contributed by atoms with Crippen LogP contribution in [0, 0.1) is 17.7 Å². The van der Waals surface area contributed by atoms with Crippen molar-refractivity contribution in [2.75, 3.05) is 20.2 Å². The maximum Gasteiger partial charge on any atom is 0.123 e. The van der Waals surface area contributed by atoms with Gasteiger partial charge in [0.05, 0.1) is 19.0 Å². The van der Waals surface area contributed by atoms with Gasteiger partial charge in [0.25, 0.3) is 0 Å². The van der Waals surface area contributed by atoms with Crippen molar-refractivity contribution >= 4 is 0 Å². The van der Waals surface area contributed by atoms with E-state index >= 15 is 0 Å². The van der Waals surface area contributed by atoms with Gasteiger partial charge in [-0.25, -0.2) is 9.37 Å². The second-order valence-electron chi connectivity index (χ2n) is 7.95. The van der Waals surface area contributed by atoms with Crippen LogP contribution < -0.4 is 4.74 Å². The second-order valence-corrected chi connectivity index (χ2v) is 7.95. The maximum atomic E-state index is 13.5. The van der Waals surface area contributed by atoms with E-state index in [2.05, 4.69) is 21.6 Å². The number of rotatable bonds is 4. The first-order chi connectivity index (χ1) is 13.7. The average Bonchev–Trinajstić information content (AvgIpc) is 3.28. The summed E-state index contributed by atoms with van der Waals surface area (Å²) < 4.78 is 21.1. The second kappa shape index (κ2) is 7.06. The fraction of sp³-hybridized carbons (Fsp3) is 0.348. The van der Waals surface area contributed by atoms with Crippen LogP contribution in [0.2, 0.25) is 0 Å². The van der Waals surface area contributed by atoms with E-state index in [0.29, 0.717) is 11.8 Å². The highest BCUT2D eigenvalue weighted by molar-refractivity contribution is 5.60. The van der Waals surface area contributed by atoms with E-state index in [4.69, 9.17) is 9.72 Å². The monoisotopic (exact) mass is 377 g/mol. The van der Waals surface area contributed by atoms with Crippen LogP contribution in [0.15, 0.2) is 54.7 Å². The van der Waals surface area contributed by atoms with Crippen molar-refractivity contribution in [1.82, 2.24) is 14.5 Å². The molecule has 0 bridgehead atoms. The molecule has 3 heterocycles. The molecule has 144 valence electrons. The molecule has 4 nitrogen and oxygen atoms in total. The number of ether oxygens (including phenoxy) is 1. The summed E-state index contributed by atoms with van der Waals surface area (Å²) in [4.78, 5) is 7.18. The van der Waals surface area contributed by atoms with Crippen LogP contribution in [-0.2, 0) is 19.5 Å². The predicted molar refractivity (Wildman–Crippen MR) is 107 cm³/mol. The fourth-order valence-corrected chi connectivity index (χ4v) is 4.74. The van der Waals surface area contributed by atoms with E-state index in [-0.39, 0.29) is 5.82 Å². The molecule has 5 rings (SSSR count). The highest BCUT2D eigenvalue weighted by atomic mass is 19.1. The molecule has 0 aliphatic carbocycles. The van der Waals surface area contributed by atoms with Crippen LogP contribution in [0.1, 0.15) is 11.4 Å². The molecule has 3 aromatic rings. The average molecular weight is 377 g/mol. The Morgan fingerprint density at radius 1 is 1.07 bits per heavy atom.